The van der Waals surface area contributed by atoms with E-state index in [4.69, 9.17) is 21.1 Å². The first-order valence-corrected chi connectivity index (χ1v) is 11.4. The van der Waals surface area contributed by atoms with Gasteiger partial charge in [0.2, 0.25) is 5.91 Å². The Morgan fingerprint density at radius 3 is 2.28 bits per heavy atom. The molecule has 0 radical (unpaired) electrons. The van der Waals surface area contributed by atoms with Gasteiger partial charge in [0, 0.05) is 17.6 Å². The lowest BCUT2D eigenvalue weighted by atomic mass is 9.95. The van der Waals surface area contributed by atoms with E-state index in [2.05, 4.69) is 5.32 Å². The fourth-order valence-corrected chi connectivity index (χ4v) is 3.96. The molecule has 2 amide bonds. The molecule has 0 saturated heterocycles. The van der Waals surface area contributed by atoms with E-state index < -0.39 is 6.04 Å². The molecule has 0 aromatic heterocycles. The second-order valence-corrected chi connectivity index (χ2v) is 8.57. The summed E-state index contributed by atoms with van der Waals surface area (Å²) in [5, 5.41) is 3.72. The van der Waals surface area contributed by atoms with E-state index in [1.54, 1.807) is 43.2 Å². The van der Waals surface area contributed by atoms with Gasteiger partial charge >= 0.3 is 0 Å². The monoisotopic (exact) mass is 458 g/mol. The Kier molecular flexibility index (Phi) is 8.80. The van der Waals surface area contributed by atoms with Crippen molar-refractivity contribution < 1.29 is 19.1 Å². The van der Waals surface area contributed by atoms with Crippen LogP contribution in [0.3, 0.4) is 0 Å². The Balaban J connectivity index is 1.69. The van der Waals surface area contributed by atoms with Gasteiger partial charge in [0.05, 0.1) is 7.11 Å². The highest BCUT2D eigenvalue weighted by Crippen LogP contribution is 2.20. The van der Waals surface area contributed by atoms with Crippen molar-refractivity contribution in [2.24, 2.45) is 0 Å². The number of methoxy groups -OCH3 is 1. The Hall–Kier alpha value is -2.73. The molecule has 1 aliphatic carbocycles. The van der Waals surface area contributed by atoms with E-state index in [1.165, 1.54) is 6.42 Å². The summed E-state index contributed by atoms with van der Waals surface area (Å²) in [5.74, 6) is 0.888. The van der Waals surface area contributed by atoms with Crippen LogP contribution in [0.5, 0.6) is 11.5 Å². The molecule has 3 rings (SSSR count). The largest absolute Gasteiger partial charge is 0.497 e. The molecule has 1 fully saturated rings. The van der Waals surface area contributed by atoms with Crippen LogP contribution in [0.1, 0.15) is 44.6 Å². The Bertz CT molecular complexity index is 880. The number of carbonyl (C=O) groups excluding carboxylic acids is 2. The van der Waals surface area contributed by atoms with Crippen LogP contribution in [0, 0.1) is 0 Å². The van der Waals surface area contributed by atoms with Gasteiger partial charge in [-0.05, 0) is 61.7 Å². The maximum Gasteiger partial charge on any atom is 0.261 e. The number of halogens is 1. The summed E-state index contributed by atoms with van der Waals surface area (Å²) in [6, 6.07) is 13.9. The molecule has 1 saturated carbocycles. The van der Waals surface area contributed by atoms with Crippen LogP contribution in [0.25, 0.3) is 0 Å². The van der Waals surface area contributed by atoms with Gasteiger partial charge < -0.3 is 19.7 Å². The molecule has 32 heavy (non-hydrogen) atoms. The quantitative estimate of drug-likeness (QED) is 0.596. The number of benzene rings is 2. The minimum atomic E-state index is -0.625. The van der Waals surface area contributed by atoms with Crippen molar-refractivity contribution in [3.8, 4) is 11.5 Å². The Morgan fingerprint density at radius 2 is 1.66 bits per heavy atom. The fraction of sp³-hybridized carbons (Fsp3) is 0.440. The van der Waals surface area contributed by atoms with Crippen LogP contribution in [0.15, 0.2) is 48.5 Å². The first-order valence-electron chi connectivity index (χ1n) is 11.1. The van der Waals surface area contributed by atoms with Gasteiger partial charge in [-0.3, -0.25) is 9.59 Å². The van der Waals surface area contributed by atoms with Gasteiger partial charge in [0.15, 0.2) is 6.61 Å². The summed E-state index contributed by atoms with van der Waals surface area (Å²) in [5.41, 5.74) is 0.906. The summed E-state index contributed by atoms with van der Waals surface area (Å²) in [6.45, 7) is 1.90. The average Bonchev–Trinajstić information content (AvgIpc) is 2.82. The highest BCUT2D eigenvalue weighted by molar-refractivity contribution is 6.30. The zero-order valence-corrected chi connectivity index (χ0v) is 19.4. The number of hydrogen-bond donors (Lipinski definition) is 1. The van der Waals surface area contributed by atoms with Crippen LogP contribution < -0.4 is 14.8 Å². The number of nitrogens with zero attached hydrogens (tertiary/aromatic N) is 1. The van der Waals surface area contributed by atoms with E-state index in [0.29, 0.717) is 17.3 Å². The van der Waals surface area contributed by atoms with Crippen molar-refractivity contribution in [1.29, 1.82) is 0 Å². The van der Waals surface area contributed by atoms with Crippen molar-refractivity contribution in [1.82, 2.24) is 10.2 Å². The number of hydrogen-bond acceptors (Lipinski definition) is 4. The Labute approximate surface area is 194 Å². The number of carbonyl (C=O) groups is 2. The van der Waals surface area contributed by atoms with Gasteiger partial charge in [-0.1, -0.05) is 43.0 Å². The van der Waals surface area contributed by atoms with E-state index in [1.807, 2.05) is 24.3 Å². The lowest BCUT2D eigenvalue weighted by molar-refractivity contribution is -0.142. The smallest absolute Gasteiger partial charge is 0.261 e. The van der Waals surface area contributed by atoms with Crippen molar-refractivity contribution in [3.05, 3.63) is 59.1 Å². The van der Waals surface area contributed by atoms with Crippen molar-refractivity contribution in [2.45, 2.75) is 57.7 Å². The maximum absolute atomic E-state index is 13.1. The van der Waals surface area contributed by atoms with E-state index in [-0.39, 0.29) is 24.5 Å². The third-order valence-electron chi connectivity index (χ3n) is 5.81. The molecule has 0 unspecified atom stereocenters. The SMILES string of the molecule is COc1ccc(CN(C(=O)COc2ccc(Cl)cc2)[C@@H](C)C(=O)NC2CCCCC2)cc1. The van der Waals surface area contributed by atoms with E-state index in [0.717, 1.165) is 37.0 Å². The fourth-order valence-electron chi connectivity index (χ4n) is 3.84. The highest BCUT2D eigenvalue weighted by atomic mass is 35.5. The molecule has 1 aliphatic rings. The van der Waals surface area contributed by atoms with Gasteiger partial charge in [-0.25, -0.2) is 0 Å². The van der Waals surface area contributed by atoms with Gasteiger partial charge in [0.25, 0.3) is 5.91 Å². The van der Waals surface area contributed by atoms with Crippen LogP contribution in [-0.4, -0.2) is 42.5 Å². The molecule has 0 heterocycles. The summed E-state index contributed by atoms with van der Waals surface area (Å²) in [6.07, 6.45) is 5.45. The lowest BCUT2D eigenvalue weighted by Gasteiger charge is -2.31. The summed E-state index contributed by atoms with van der Waals surface area (Å²) in [7, 11) is 1.61. The van der Waals surface area contributed by atoms with Gasteiger partial charge in [-0.2, -0.15) is 0 Å². The third kappa shape index (κ3) is 6.89. The lowest BCUT2D eigenvalue weighted by Crippen LogP contribution is -2.51. The molecule has 2 aromatic carbocycles. The zero-order chi connectivity index (χ0) is 22.9. The first-order chi connectivity index (χ1) is 15.5. The van der Waals surface area contributed by atoms with Gasteiger partial charge in [0.1, 0.15) is 17.5 Å². The first kappa shape index (κ1) is 23.9. The average molecular weight is 459 g/mol. The molecule has 172 valence electrons. The van der Waals surface area contributed by atoms with Crippen LogP contribution in [0.2, 0.25) is 5.02 Å². The molecule has 2 aromatic rings. The van der Waals surface area contributed by atoms with Crippen LogP contribution in [0.4, 0.5) is 0 Å². The van der Waals surface area contributed by atoms with Crippen molar-refractivity contribution >= 4 is 23.4 Å². The normalized spacial score (nSPS) is 15.0. The Morgan fingerprint density at radius 1 is 1.03 bits per heavy atom. The topological polar surface area (TPSA) is 67.9 Å². The van der Waals surface area contributed by atoms with Crippen LogP contribution >= 0.6 is 11.6 Å². The van der Waals surface area contributed by atoms with Crippen LogP contribution in [-0.2, 0) is 16.1 Å². The number of amides is 2. The minimum Gasteiger partial charge on any atom is -0.497 e. The molecule has 6 nitrogen and oxygen atoms in total. The van der Waals surface area contributed by atoms with Gasteiger partial charge in [-0.15, -0.1) is 0 Å². The highest BCUT2D eigenvalue weighted by Gasteiger charge is 2.28. The van der Waals surface area contributed by atoms with Crippen molar-refractivity contribution in [3.63, 3.8) is 0 Å². The standard InChI is InChI=1S/C25H31ClN2O4/c1-18(25(30)27-21-6-4-3-5-7-21)28(16-19-8-12-22(31-2)13-9-19)24(29)17-32-23-14-10-20(26)11-15-23/h8-15,18,21H,3-7,16-17H2,1-2H3,(H,27,30)/t18-/m0/s1. The van der Waals surface area contributed by atoms with E-state index in [9.17, 15) is 9.59 Å². The molecular weight excluding hydrogens is 428 g/mol. The summed E-state index contributed by atoms with van der Waals surface area (Å²) < 4.78 is 10.9. The maximum atomic E-state index is 13.1. The summed E-state index contributed by atoms with van der Waals surface area (Å²) >= 11 is 5.91. The molecule has 1 N–H and O–H groups in total. The number of ether oxygens (including phenoxy) is 2. The predicted molar refractivity (Wildman–Crippen MR) is 125 cm³/mol. The summed E-state index contributed by atoms with van der Waals surface area (Å²) in [4.78, 5) is 27.7. The molecule has 0 bridgehead atoms. The zero-order valence-electron chi connectivity index (χ0n) is 18.7. The molecule has 7 heteroatoms. The van der Waals surface area contributed by atoms with E-state index >= 15 is 0 Å². The molecule has 0 spiro atoms. The number of nitrogens with one attached hydrogen (secondary N) is 1. The third-order valence-corrected chi connectivity index (χ3v) is 6.06. The minimum absolute atomic E-state index is 0.134. The second-order valence-electron chi connectivity index (χ2n) is 8.13. The predicted octanol–water partition coefficient (Wildman–Crippen LogP) is 4.59. The second kappa shape index (κ2) is 11.8. The molecule has 0 aliphatic heterocycles. The number of rotatable bonds is 9. The molecule has 1 atom stereocenters. The molecular formula is C25H31ClN2O4. The van der Waals surface area contributed by atoms with Crippen molar-refractivity contribution in [2.75, 3.05) is 13.7 Å².